The fourth-order valence-electron chi connectivity index (χ4n) is 3.54. The van der Waals surface area contributed by atoms with E-state index in [1.54, 1.807) is 0 Å². The lowest BCUT2D eigenvalue weighted by molar-refractivity contribution is 0.0802. The summed E-state index contributed by atoms with van der Waals surface area (Å²) in [4.78, 5) is 2.66. The Morgan fingerprint density at radius 2 is 1.59 bits per heavy atom. The van der Waals surface area contributed by atoms with Crippen LogP contribution >= 0.6 is 0 Å². The van der Waals surface area contributed by atoms with Gasteiger partial charge in [-0.05, 0) is 49.9 Å². The van der Waals surface area contributed by atoms with Gasteiger partial charge in [0.2, 0.25) is 0 Å². The lowest BCUT2D eigenvalue weighted by Gasteiger charge is -2.43. The molecule has 2 N–H and O–H groups in total. The van der Waals surface area contributed by atoms with Crippen LogP contribution in [-0.2, 0) is 12.8 Å². The number of nitrogens with two attached hydrogens (primary N) is 1. The number of rotatable bonds is 2. The second-order valence-electron chi connectivity index (χ2n) is 5.60. The number of likely N-dealkylation sites (tertiary alicyclic amines) is 1. The summed E-state index contributed by atoms with van der Waals surface area (Å²) in [6.07, 6.45) is 6.39. The number of nitrogens with zero attached hydrogens (tertiary/aromatic N) is 1. The smallest absolute Gasteiger partial charge is 0.0412 e. The molecule has 0 radical (unpaired) electrons. The van der Waals surface area contributed by atoms with Gasteiger partial charge >= 0.3 is 0 Å². The van der Waals surface area contributed by atoms with Crippen LogP contribution in [0.1, 0.15) is 30.4 Å². The average Bonchev–Trinajstić information content (AvgIpc) is 2.79. The summed E-state index contributed by atoms with van der Waals surface area (Å²) < 4.78 is 0. The largest absolute Gasteiger partial charge is 0.329 e. The molecule has 2 heteroatoms. The summed E-state index contributed by atoms with van der Waals surface area (Å²) in [7, 11) is 0. The quantitative estimate of drug-likeness (QED) is 0.841. The first-order valence-electron chi connectivity index (χ1n) is 6.86. The van der Waals surface area contributed by atoms with Gasteiger partial charge in [0, 0.05) is 12.1 Å². The number of fused-ring (bicyclic) bond motifs is 1. The molecule has 0 bridgehead atoms. The zero-order valence-electron chi connectivity index (χ0n) is 10.5. The van der Waals surface area contributed by atoms with Gasteiger partial charge in [0.25, 0.3) is 0 Å². The Bertz CT molecular complexity index is 369. The van der Waals surface area contributed by atoms with E-state index in [9.17, 15) is 0 Å². The van der Waals surface area contributed by atoms with Crippen LogP contribution < -0.4 is 5.73 Å². The molecule has 1 aromatic rings. The molecule has 2 nitrogen and oxygen atoms in total. The van der Waals surface area contributed by atoms with Crippen molar-refractivity contribution >= 4 is 0 Å². The molecule has 0 spiro atoms. The van der Waals surface area contributed by atoms with Crippen LogP contribution in [0.25, 0.3) is 0 Å². The fourth-order valence-corrected chi connectivity index (χ4v) is 3.54. The van der Waals surface area contributed by atoms with Crippen LogP contribution in [-0.4, -0.2) is 30.1 Å². The SMILES string of the molecule is NCC1(N2CCCCC2)Cc2ccccc2C1. The maximum Gasteiger partial charge on any atom is 0.0412 e. The van der Waals surface area contributed by atoms with Gasteiger partial charge in [-0.3, -0.25) is 4.90 Å². The first-order valence-corrected chi connectivity index (χ1v) is 6.86. The maximum atomic E-state index is 6.14. The lowest BCUT2D eigenvalue weighted by atomic mass is 9.91. The molecule has 1 aliphatic carbocycles. The van der Waals surface area contributed by atoms with E-state index in [1.807, 2.05) is 0 Å². The van der Waals surface area contributed by atoms with E-state index in [2.05, 4.69) is 29.2 Å². The summed E-state index contributed by atoms with van der Waals surface area (Å²) in [5.74, 6) is 0. The Morgan fingerprint density at radius 3 is 2.12 bits per heavy atom. The molecule has 0 saturated carbocycles. The van der Waals surface area contributed by atoms with E-state index in [0.717, 1.165) is 19.4 Å². The van der Waals surface area contributed by atoms with Crippen molar-refractivity contribution in [2.45, 2.75) is 37.6 Å². The van der Waals surface area contributed by atoms with Crippen LogP contribution in [0.5, 0.6) is 0 Å². The van der Waals surface area contributed by atoms with Crippen molar-refractivity contribution in [3.05, 3.63) is 35.4 Å². The first-order chi connectivity index (χ1) is 8.34. The summed E-state index contributed by atoms with van der Waals surface area (Å²) >= 11 is 0. The third-order valence-corrected chi connectivity index (χ3v) is 4.56. The monoisotopic (exact) mass is 230 g/mol. The molecule has 1 aromatic carbocycles. The summed E-state index contributed by atoms with van der Waals surface area (Å²) in [5.41, 5.74) is 9.40. The van der Waals surface area contributed by atoms with Gasteiger partial charge in [-0.1, -0.05) is 30.7 Å². The molecule has 2 aliphatic rings. The van der Waals surface area contributed by atoms with Crippen LogP contribution in [0.2, 0.25) is 0 Å². The van der Waals surface area contributed by atoms with Crippen molar-refractivity contribution < 1.29 is 0 Å². The zero-order chi connectivity index (χ0) is 11.7. The Balaban J connectivity index is 1.86. The molecule has 0 unspecified atom stereocenters. The first kappa shape index (κ1) is 11.2. The maximum absolute atomic E-state index is 6.14. The van der Waals surface area contributed by atoms with Crippen molar-refractivity contribution in [3.63, 3.8) is 0 Å². The molecular weight excluding hydrogens is 208 g/mol. The Kier molecular flexibility index (Phi) is 2.93. The molecule has 17 heavy (non-hydrogen) atoms. The van der Waals surface area contributed by atoms with E-state index in [4.69, 9.17) is 5.73 Å². The van der Waals surface area contributed by atoms with Crippen molar-refractivity contribution in [1.82, 2.24) is 4.90 Å². The summed E-state index contributed by atoms with van der Waals surface area (Å²) in [5, 5.41) is 0. The highest BCUT2D eigenvalue weighted by atomic mass is 15.2. The molecule has 0 aromatic heterocycles. The van der Waals surface area contributed by atoms with Crippen molar-refractivity contribution in [2.24, 2.45) is 5.73 Å². The minimum atomic E-state index is 0.226. The van der Waals surface area contributed by atoms with Crippen LogP contribution in [0.4, 0.5) is 0 Å². The molecule has 0 atom stereocenters. The van der Waals surface area contributed by atoms with E-state index in [-0.39, 0.29) is 5.54 Å². The minimum absolute atomic E-state index is 0.226. The van der Waals surface area contributed by atoms with E-state index in [1.165, 1.54) is 43.5 Å². The standard InChI is InChI=1S/C15H22N2/c16-12-15(17-8-4-1-5-9-17)10-13-6-2-3-7-14(13)11-15/h2-3,6-7H,1,4-5,8-12,16H2. The van der Waals surface area contributed by atoms with Gasteiger partial charge < -0.3 is 5.73 Å². The van der Waals surface area contributed by atoms with Crippen molar-refractivity contribution in [3.8, 4) is 0 Å². The fraction of sp³-hybridized carbons (Fsp3) is 0.600. The van der Waals surface area contributed by atoms with Crippen LogP contribution in [0.3, 0.4) is 0 Å². The van der Waals surface area contributed by atoms with Crippen molar-refractivity contribution in [1.29, 1.82) is 0 Å². The highest BCUT2D eigenvalue weighted by molar-refractivity contribution is 5.36. The van der Waals surface area contributed by atoms with Gasteiger partial charge in [-0.25, -0.2) is 0 Å². The molecule has 3 rings (SSSR count). The molecule has 1 saturated heterocycles. The number of hydrogen-bond donors (Lipinski definition) is 1. The highest BCUT2D eigenvalue weighted by Gasteiger charge is 2.41. The lowest BCUT2D eigenvalue weighted by Crippen LogP contribution is -2.56. The average molecular weight is 230 g/mol. The molecular formula is C15H22N2. The van der Waals surface area contributed by atoms with E-state index >= 15 is 0 Å². The number of benzene rings is 1. The molecule has 1 fully saturated rings. The second-order valence-corrected chi connectivity index (χ2v) is 5.60. The number of piperidine rings is 1. The topological polar surface area (TPSA) is 29.3 Å². The Hall–Kier alpha value is -0.860. The molecule has 1 heterocycles. The van der Waals surface area contributed by atoms with Gasteiger partial charge in [-0.15, -0.1) is 0 Å². The van der Waals surface area contributed by atoms with Gasteiger partial charge in [0.15, 0.2) is 0 Å². The molecule has 92 valence electrons. The summed E-state index contributed by atoms with van der Waals surface area (Å²) in [6.45, 7) is 3.28. The summed E-state index contributed by atoms with van der Waals surface area (Å²) in [6, 6.07) is 8.86. The van der Waals surface area contributed by atoms with Gasteiger partial charge in [0.1, 0.15) is 0 Å². The second kappa shape index (κ2) is 4.43. The highest BCUT2D eigenvalue weighted by Crippen LogP contribution is 2.35. The number of hydrogen-bond acceptors (Lipinski definition) is 2. The predicted octanol–water partition coefficient (Wildman–Crippen LogP) is 1.97. The molecule has 0 amide bonds. The van der Waals surface area contributed by atoms with E-state index < -0.39 is 0 Å². The third-order valence-electron chi connectivity index (χ3n) is 4.56. The van der Waals surface area contributed by atoms with Gasteiger partial charge in [-0.2, -0.15) is 0 Å². The zero-order valence-corrected chi connectivity index (χ0v) is 10.5. The van der Waals surface area contributed by atoms with Crippen LogP contribution in [0.15, 0.2) is 24.3 Å². The predicted molar refractivity (Wildman–Crippen MR) is 71.1 cm³/mol. The van der Waals surface area contributed by atoms with Crippen molar-refractivity contribution in [2.75, 3.05) is 19.6 Å². The normalized spacial score (nSPS) is 23.6. The third kappa shape index (κ3) is 1.90. The molecule has 1 aliphatic heterocycles. The van der Waals surface area contributed by atoms with E-state index in [0.29, 0.717) is 0 Å². The Morgan fingerprint density at radius 1 is 1.00 bits per heavy atom. The Labute approximate surface area is 104 Å². The van der Waals surface area contributed by atoms with Gasteiger partial charge in [0.05, 0.1) is 0 Å². The van der Waals surface area contributed by atoms with Crippen LogP contribution in [0, 0.1) is 0 Å². The minimum Gasteiger partial charge on any atom is -0.329 e.